The number of rotatable bonds is 7. The minimum absolute atomic E-state index is 0.0190. The quantitative estimate of drug-likeness (QED) is 0.238. The van der Waals surface area contributed by atoms with E-state index in [0.29, 0.717) is 11.6 Å². The summed E-state index contributed by atoms with van der Waals surface area (Å²) in [5.74, 6) is -1.46. The Morgan fingerprint density at radius 2 is 1.32 bits per heavy atom. The van der Waals surface area contributed by atoms with Crippen LogP contribution in [-0.2, 0) is 23.9 Å². The van der Waals surface area contributed by atoms with Crippen LogP contribution < -0.4 is 10.6 Å². The summed E-state index contributed by atoms with van der Waals surface area (Å²) in [5, 5.41) is 13.9. The molecule has 0 aromatic rings. The predicted octanol–water partition coefficient (Wildman–Crippen LogP) is 3.41. The van der Waals surface area contributed by atoms with Crippen molar-refractivity contribution in [3.05, 3.63) is 11.3 Å². The van der Waals surface area contributed by atoms with E-state index in [1.54, 1.807) is 20.8 Å². The Morgan fingerprint density at radius 3 is 1.68 bits per heavy atom. The van der Waals surface area contributed by atoms with E-state index in [0.717, 1.165) is 13.5 Å². The Kier molecular flexibility index (Phi) is 17.4. The molecular weight excluding hydrogens is 400 g/mol. The molecule has 8 nitrogen and oxygen atoms in total. The molecule has 0 aromatic heterocycles. The Balaban J connectivity index is 0.000000735. The summed E-state index contributed by atoms with van der Waals surface area (Å²) in [5.41, 5.74) is 0.520. The largest absolute Gasteiger partial charge is 0.481 e. The summed E-state index contributed by atoms with van der Waals surface area (Å²) in [6.45, 7) is 9.99. The van der Waals surface area contributed by atoms with Gasteiger partial charge in [-0.3, -0.25) is 4.79 Å². The van der Waals surface area contributed by atoms with Gasteiger partial charge < -0.3 is 25.2 Å². The highest BCUT2D eigenvalue weighted by atomic mass is 16.6. The first kappa shape index (κ1) is 28.9. The maximum atomic E-state index is 11.9. The number of carbonyl (C=O) groups excluding carboxylic acids is 2. The van der Waals surface area contributed by atoms with E-state index in [-0.39, 0.29) is 18.8 Å². The molecule has 0 unspecified atom stereocenters. The Labute approximate surface area is 187 Å². The maximum Gasteiger partial charge on any atom is 0.347 e. The summed E-state index contributed by atoms with van der Waals surface area (Å²) < 4.78 is 9.89. The van der Waals surface area contributed by atoms with Crippen LogP contribution in [0, 0.1) is 5.92 Å². The number of hydrogen-bond donors (Lipinski definition) is 3. The summed E-state index contributed by atoms with van der Waals surface area (Å²) >= 11 is 0. The van der Waals surface area contributed by atoms with Crippen LogP contribution in [0.15, 0.2) is 11.3 Å². The van der Waals surface area contributed by atoms with Crippen molar-refractivity contribution in [3.63, 3.8) is 0 Å². The van der Waals surface area contributed by atoms with Crippen molar-refractivity contribution in [2.75, 3.05) is 32.8 Å². The Morgan fingerprint density at radius 1 is 0.871 bits per heavy atom. The van der Waals surface area contributed by atoms with Crippen LogP contribution >= 0.6 is 0 Å². The van der Waals surface area contributed by atoms with E-state index in [2.05, 4.69) is 10.6 Å². The third kappa shape index (κ3) is 15.4. The Hall–Kier alpha value is -2.09. The summed E-state index contributed by atoms with van der Waals surface area (Å²) in [7, 11) is 0. The van der Waals surface area contributed by atoms with Gasteiger partial charge in [-0.1, -0.05) is 25.7 Å². The van der Waals surface area contributed by atoms with Crippen molar-refractivity contribution in [1.29, 1.82) is 0 Å². The van der Waals surface area contributed by atoms with Gasteiger partial charge >= 0.3 is 11.9 Å². The lowest BCUT2D eigenvalue weighted by molar-refractivity contribution is -0.146. The zero-order valence-electron chi connectivity index (χ0n) is 19.8. The molecule has 31 heavy (non-hydrogen) atoms. The van der Waals surface area contributed by atoms with Gasteiger partial charge in [0, 0.05) is 19.2 Å². The van der Waals surface area contributed by atoms with Crippen LogP contribution in [-0.4, -0.2) is 55.9 Å². The number of ether oxygens (including phenoxy) is 2. The van der Waals surface area contributed by atoms with Crippen LogP contribution in [0.1, 0.15) is 79.1 Å². The second-order valence-electron chi connectivity index (χ2n) is 7.66. The van der Waals surface area contributed by atoms with E-state index in [1.807, 2.05) is 0 Å². The number of carbonyl (C=O) groups is 3. The van der Waals surface area contributed by atoms with E-state index < -0.39 is 17.9 Å². The molecule has 1 aliphatic carbocycles. The molecule has 1 saturated carbocycles. The molecule has 1 heterocycles. The number of allylic oxidation sites excluding steroid dienone is 1. The van der Waals surface area contributed by atoms with Crippen LogP contribution in [0.5, 0.6) is 0 Å². The van der Waals surface area contributed by atoms with Crippen molar-refractivity contribution in [3.8, 4) is 0 Å². The third-order valence-electron chi connectivity index (χ3n) is 4.92. The van der Waals surface area contributed by atoms with Crippen molar-refractivity contribution in [2.24, 2.45) is 5.92 Å². The molecule has 1 saturated heterocycles. The standard InChI is InChI=1S/C16H27NO4.C5H11N.C2H4O2/c1-4-20-15(18)14(16(19)21-5-2)12(3)17-11-13-9-7-6-8-10-13;1-2-4-6-5-3-1;1-2(3)4/h13,17H,4-11H2,1-3H3;6H,1-5H2;1H3,(H,3,4). The first-order valence-corrected chi connectivity index (χ1v) is 11.5. The number of esters is 2. The zero-order valence-corrected chi connectivity index (χ0v) is 19.8. The Bertz CT molecular complexity index is 517. The van der Waals surface area contributed by atoms with Crippen LogP contribution in [0.3, 0.4) is 0 Å². The number of nitrogens with one attached hydrogen (secondary N) is 2. The maximum absolute atomic E-state index is 11.9. The minimum atomic E-state index is -0.833. The smallest absolute Gasteiger partial charge is 0.347 e. The molecule has 0 amide bonds. The number of carboxylic acids is 1. The van der Waals surface area contributed by atoms with Crippen molar-refractivity contribution in [2.45, 2.75) is 79.1 Å². The van der Waals surface area contributed by atoms with Crippen LogP contribution in [0.25, 0.3) is 0 Å². The average Bonchev–Trinajstić information content (AvgIpc) is 2.75. The van der Waals surface area contributed by atoms with Gasteiger partial charge in [0.1, 0.15) is 0 Å². The fraction of sp³-hybridized carbons (Fsp3) is 0.783. The summed E-state index contributed by atoms with van der Waals surface area (Å²) in [4.78, 5) is 32.9. The van der Waals surface area contributed by atoms with E-state index in [9.17, 15) is 9.59 Å². The molecule has 2 rings (SSSR count). The molecule has 0 atom stereocenters. The number of hydrogen-bond acceptors (Lipinski definition) is 7. The molecule has 8 heteroatoms. The monoisotopic (exact) mass is 442 g/mol. The topological polar surface area (TPSA) is 114 Å². The van der Waals surface area contributed by atoms with Gasteiger partial charge in [-0.25, -0.2) is 9.59 Å². The number of aliphatic carboxylic acids is 1. The minimum Gasteiger partial charge on any atom is -0.481 e. The molecule has 0 spiro atoms. The van der Waals surface area contributed by atoms with Crippen LogP contribution in [0.4, 0.5) is 0 Å². The molecule has 3 N–H and O–H groups in total. The van der Waals surface area contributed by atoms with Crippen molar-refractivity contribution < 1.29 is 29.0 Å². The molecule has 0 bridgehead atoms. The lowest BCUT2D eigenvalue weighted by Crippen LogP contribution is -2.28. The van der Waals surface area contributed by atoms with Gasteiger partial charge in [0.25, 0.3) is 5.97 Å². The van der Waals surface area contributed by atoms with Gasteiger partial charge in [-0.05, 0) is 65.5 Å². The molecule has 0 aromatic carbocycles. The summed E-state index contributed by atoms with van der Waals surface area (Å²) in [6, 6.07) is 0. The second kappa shape index (κ2) is 18.7. The van der Waals surface area contributed by atoms with Crippen molar-refractivity contribution in [1.82, 2.24) is 10.6 Å². The van der Waals surface area contributed by atoms with E-state index in [4.69, 9.17) is 19.4 Å². The molecule has 0 radical (unpaired) electrons. The second-order valence-corrected chi connectivity index (χ2v) is 7.66. The SMILES string of the molecule is C1CCNCC1.CC(=O)O.CCOC(=O)C(C(=O)OCC)=C(C)NCC1CCCCC1. The number of piperidine rings is 1. The average molecular weight is 443 g/mol. The lowest BCUT2D eigenvalue weighted by atomic mass is 9.89. The first-order chi connectivity index (χ1) is 14.8. The molecule has 180 valence electrons. The predicted molar refractivity (Wildman–Crippen MR) is 121 cm³/mol. The molecule has 1 aliphatic heterocycles. The van der Waals surface area contributed by atoms with Gasteiger partial charge in [-0.15, -0.1) is 0 Å². The zero-order chi connectivity index (χ0) is 23.5. The molecule has 2 aliphatic rings. The molecule has 2 fully saturated rings. The molecular formula is C23H42N2O6. The van der Waals surface area contributed by atoms with Crippen LogP contribution in [0.2, 0.25) is 0 Å². The number of carboxylic acid groups (broad SMARTS) is 1. The third-order valence-corrected chi connectivity index (χ3v) is 4.92. The highest BCUT2D eigenvalue weighted by Gasteiger charge is 2.24. The van der Waals surface area contributed by atoms with Gasteiger partial charge in [0.15, 0.2) is 5.57 Å². The van der Waals surface area contributed by atoms with Gasteiger partial charge in [0.05, 0.1) is 13.2 Å². The van der Waals surface area contributed by atoms with Gasteiger partial charge in [0.2, 0.25) is 0 Å². The fourth-order valence-corrected chi connectivity index (χ4v) is 3.37. The van der Waals surface area contributed by atoms with Crippen molar-refractivity contribution >= 4 is 17.9 Å². The first-order valence-electron chi connectivity index (χ1n) is 11.5. The highest BCUT2D eigenvalue weighted by Crippen LogP contribution is 2.23. The fourth-order valence-electron chi connectivity index (χ4n) is 3.37. The highest BCUT2D eigenvalue weighted by molar-refractivity contribution is 6.14. The van der Waals surface area contributed by atoms with Gasteiger partial charge in [-0.2, -0.15) is 0 Å². The lowest BCUT2D eigenvalue weighted by Gasteiger charge is -2.23. The summed E-state index contributed by atoms with van der Waals surface area (Å²) in [6.07, 6.45) is 10.5. The van der Waals surface area contributed by atoms with E-state index in [1.165, 1.54) is 64.5 Å². The normalized spacial score (nSPS) is 15.7. The van der Waals surface area contributed by atoms with E-state index >= 15 is 0 Å².